The van der Waals surface area contributed by atoms with E-state index in [1.165, 1.54) is 48.5 Å². The van der Waals surface area contributed by atoms with Crippen molar-refractivity contribution in [2.24, 2.45) is 0 Å². The minimum Gasteiger partial charge on any atom is -0.293 e. The van der Waals surface area contributed by atoms with Crippen molar-refractivity contribution >= 4 is 11.6 Å². The van der Waals surface area contributed by atoms with Gasteiger partial charge >= 0.3 is 0 Å². The number of carbonyl (C=O) groups is 2. The molecular formula is C28H20F2O2. The van der Waals surface area contributed by atoms with Crippen molar-refractivity contribution in [2.45, 2.75) is 11.8 Å². The molecule has 0 amide bonds. The lowest BCUT2D eigenvalue weighted by Crippen LogP contribution is -2.27. The van der Waals surface area contributed by atoms with E-state index in [2.05, 4.69) is 0 Å². The average molecular weight is 426 g/mol. The Hall–Kier alpha value is -3.92. The molecule has 0 aliphatic heterocycles. The highest BCUT2D eigenvalue weighted by atomic mass is 19.1. The molecule has 0 spiro atoms. The molecule has 0 aliphatic carbocycles. The lowest BCUT2D eigenvalue weighted by atomic mass is 9.73. The third-order valence-corrected chi connectivity index (χ3v) is 5.47. The number of hydrogen-bond acceptors (Lipinski definition) is 2. The van der Waals surface area contributed by atoms with Crippen LogP contribution in [0, 0.1) is 11.6 Å². The van der Waals surface area contributed by atoms with E-state index < -0.39 is 23.5 Å². The second-order valence-electron chi connectivity index (χ2n) is 7.52. The maximum atomic E-state index is 13.7. The van der Waals surface area contributed by atoms with Gasteiger partial charge in [0.2, 0.25) is 0 Å². The normalized spacial score (nSPS) is 12.7. The highest BCUT2D eigenvalue weighted by molar-refractivity contribution is 6.09. The van der Waals surface area contributed by atoms with Crippen molar-refractivity contribution in [3.05, 3.63) is 143 Å². The summed E-state index contributed by atoms with van der Waals surface area (Å²) in [6, 6.07) is 28.8. The molecule has 0 N–H and O–H groups in total. The number of carbonyl (C=O) groups excluding carboxylic acids is 2. The molecule has 158 valence electrons. The summed E-state index contributed by atoms with van der Waals surface area (Å²) < 4.78 is 27.0. The van der Waals surface area contributed by atoms with E-state index in [1.54, 1.807) is 24.3 Å². The first-order valence-electron chi connectivity index (χ1n) is 10.2. The molecule has 0 aliphatic rings. The Morgan fingerprint density at radius 3 is 1.09 bits per heavy atom. The molecule has 0 saturated heterocycles. The molecule has 0 saturated carbocycles. The number of ketones is 2. The van der Waals surface area contributed by atoms with Gasteiger partial charge in [-0.3, -0.25) is 9.59 Å². The zero-order valence-corrected chi connectivity index (χ0v) is 17.1. The molecule has 2 unspecified atom stereocenters. The summed E-state index contributed by atoms with van der Waals surface area (Å²) in [5.41, 5.74) is 1.97. The number of hydrogen-bond donors (Lipinski definition) is 0. The van der Waals surface area contributed by atoms with Crippen LogP contribution in [0.1, 0.15) is 43.7 Å². The van der Waals surface area contributed by atoms with Crippen molar-refractivity contribution in [2.75, 3.05) is 0 Å². The van der Waals surface area contributed by atoms with Crippen molar-refractivity contribution in [3.8, 4) is 0 Å². The van der Waals surface area contributed by atoms with Crippen molar-refractivity contribution in [1.82, 2.24) is 0 Å². The van der Waals surface area contributed by atoms with Crippen LogP contribution in [0.15, 0.2) is 109 Å². The van der Waals surface area contributed by atoms with Gasteiger partial charge in [-0.25, -0.2) is 8.78 Å². The molecule has 32 heavy (non-hydrogen) atoms. The van der Waals surface area contributed by atoms with Crippen LogP contribution < -0.4 is 0 Å². The fourth-order valence-electron chi connectivity index (χ4n) is 3.90. The van der Waals surface area contributed by atoms with Crippen LogP contribution in [-0.4, -0.2) is 11.6 Å². The number of halogens is 2. The number of Topliss-reactive ketones (excluding diaryl/α,β-unsaturated/α-hetero) is 2. The molecule has 0 aromatic heterocycles. The standard InChI is InChI=1S/C28H20F2O2/c29-23-15-11-21(12-16-23)27(31)25(19-7-3-1-4-8-19)26(20-9-5-2-6-10-20)28(32)22-13-17-24(30)18-14-22/h1-18,25-26H. The smallest absolute Gasteiger partial charge is 0.171 e. The van der Waals surface area contributed by atoms with Crippen LogP contribution in [0.25, 0.3) is 0 Å². The van der Waals surface area contributed by atoms with E-state index in [0.717, 1.165) is 0 Å². The van der Waals surface area contributed by atoms with E-state index in [0.29, 0.717) is 22.3 Å². The monoisotopic (exact) mass is 426 g/mol. The van der Waals surface area contributed by atoms with E-state index in [4.69, 9.17) is 0 Å². The van der Waals surface area contributed by atoms with Crippen LogP contribution in [-0.2, 0) is 0 Å². The predicted molar refractivity (Wildman–Crippen MR) is 120 cm³/mol. The SMILES string of the molecule is O=C(c1ccc(F)cc1)C(c1ccccc1)C(C(=O)c1ccc(F)cc1)c1ccccc1. The first kappa shape index (κ1) is 21.3. The van der Waals surface area contributed by atoms with Crippen molar-refractivity contribution in [3.63, 3.8) is 0 Å². The Kier molecular flexibility index (Phi) is 6.31. The first-order chi connectivity index (χ1) is 15.5. The van der Waals surface area contributed by atoms with Gasteiger partial charge in [0.15, 0.2) is 11.6 Å². The number of benzene rings is 4. The molecule has 0 radical (unpaired) electrons. The van der Waals surface area contributed by atoms with Gasteiger partial charge in [-0.2, -0.15) is 0 Å². The molecular weight excluding hydrogens is 406 g/mol. The Morgan fingerprint density at radius 1 is 0.469 bits per heavy atom. The lowest BCUT2D eigenvalue weighted by Gasteiger charge is -2.26. The van der Waals surface area contributed by atoms with Gasteiger partial charge in [0.05, 0.1) is 11.8 Å². The summed E-state index contributed by atoms with van der Waals surface area (Å²) in [6.45, 7) is 0. The third kappa shape index (κ3) is 4.54. The maximum absolute atomic E-state index is 13.7. The molecule has 2 nitrogen and oxygen atoms in total. The number of rotatable bonds is 7. The van der Waals surface area contributed by atoms with Gasteiger partial charge in [-0.1, -0.05) is 60.7 Å². The largest absolute Gasteiger partial charge is 0.293 e. The van der Waals surface area contributed by atoms with Gasteiger partial charge in [-0.15, -0.1) is 0 Å². The highest BCUT2D eigenvalue weighted by Crippen LogP contribution is 2.38. The Balaban J connectivity index is 1.88. The summed E-state index contributed by atoms with van der Waals surface area (Å²) in [6.07, 6.45) is 0. The van der Waals surface area contributed by atoms with E-state index in [9.17, 15) is 18.4 Å². The first-order valence-corrected chi connectivity index (χ1v) is 10.2. The molecule has 0 heterocycles. The van der Waals surface area contributed by atoms with Crippen molar-refractivity contribution in [1.29, 1.82) is 0 Å². The fourth-order valence-corrected chi connectivity index (χ4v) is 3.90. The minimum atomic E-state index is -0.846. The molecule has 4 aromatic rings. The summed E-state index contributed by atoms with van der Waals surface area (Å²) in [7, 11) is 0. The third-order valence-electron chi connectivity index (χ3n) is 5.47. The van der Waals surface area contributed by atoms with Gasteiger partial charge in [0, 0.05) is 11.1 Å². The van der Waals surface area contributed by atoms with Gasteiger partial charge in [0.1, 0.15) is 11.6 Å². The van der Waals surface area contributed by atoms with Crippen LogP contribution in [0.5, 0.6) is 0 Å². The second kappa shape index (κ2) is 9.48. The minimum absolute atomic E-state index is 0.291. The quantitative estimate of drug-likeness (QED) is 0.312. The topological polar surface area (TPSA) is 34.1 Å². The van der Waals surface area contributed by atoms with Crippen molar-refractivity contribution < 1.29 is 18.4 Å². The lowest BCUT2D eigenvalue weighted by molar-refractivity contribution is 0.0866. The van der Waals surface area contributed by atoms with Crippen LogP contribution >= 0.6 is 0 Å². The average Bonchev–Trinajstić information content (AvgIpc) is 2.84. The summed E-state index contributed by atoms with van der Waals surface area (Å²) in [5.74, 6) is -3.16. The van der Waals surface area contributed by atoms with Crippen LogP contribution in [0.2, 0.25) is 0 Å². The Morgan fingerprint density at radius 2 is 0.781 bits per heavy atom. The van der Waals surface area contributed by atoms with Crippen LogP contribution in [0.4, 0.5) is 8.78 Å². The molecule has 4 rings (SSSR count). The maximum Gasteiger partial charge on any atom is 0.171 e. The molecule has 0 bridgehead atoms. The van der Waals surface area contributed by atoms with E-state index in [1.807, 2.05) is 36.4 Å². The summed E-state index contributed by atoms with van der Waals surface area (Å²) in [5, 5.41) is 0. The van der Waals surface area contributed by atoms with Gasteiger partial charge in [0.25, 0.3) is 0 Å². The predicted octanol–water partition coefficient (Wildman–Crippen LogP) is 6.60. The van der Waals surface area contributed by atoms with E-state index in [-0.39, 0.29) is 11.6 Å². The molecule has 4 aromatic carbocycles. The summed E-state index contributed by atoms with van der Waals surface area (Å²) in [4.78, 5) is 27.5. The molecule has 2 atom stereocenters. The Labute approximate surface area is 185 Å². The van der Waals surface area contributed by atoms with Crippen LogP contribution in [0.3, 0.4) is 0 Å². The van der Waals surface area contributed by atoms with Gasteiger partial charge in [-0.05, 0) is 59.7 Å². The molecule has 4 heteroatoms. The zero-order valence-electron chi connectivity index (χ0n) is 17.1. The van der Waals surface area contributed by atoms with Gasteiger partial charge < -0.3 is 0 Å². The zero-order chi connectivity index (χ0) is 22.5. The highest BCUT2D eigenvalue weighted by Gasteiger charge is 2.37. The second-order valence-corrected chi connectivity index (χ2v) is 7.52. The fraction of sp³-hybridized carbons (Fsp3) is 0.0714. The summed E-state index contributed by atoms with van der Waals surface area (Å²) >= 11 is 0. The Bertz CT molecular complexity index is 1100. The van der Waals surface area contributed by atoms with E-state index >= 15 is 0 Å². The molecule has 0 fully saturated rings.